The van der Waals surface area contributed by atoms with Crippen molar-refractivity contribution in [2.75, 3.05) is 0 Å². The van der Waals surface area contributed by atoms with Crippen LogP contribution in [0.2, 0.25) is 0 Å². The molecule has 0 saturated heterocycles. The summed E-state index contributed by atoms with van der Waals surface area (Å²) < 4.78 is 0. The van der Waals surface area contributed by atoms with E-state index >= 15 is 0 Å². The highest BCUT2D eigenvalue weighted by atomic mass is 16.1. The van der Waals surface area contributed by atoms with E-state index in [-0.39, 0.29) is 11.7 Å². The van der Waals surface area contributed by atoms with Gasteiger partial charge in [0.1, 0.15) is 0 Å². The van der Waals surface area contributed by atoms with Crippen LogP contribution in [0.25, 0.3) is 0 Å². The number of hydrogen-bond acceptors (Lipinski definition) is 2. The summed E-state index contributed by atoms with van der Waals surface area (Å²) in [5, 5.41) is 8.82. The van der Waals surface area contributed by atoms with Gasteiger partial charge >= 0.3 is 0 Å². The number of nitriles is 1. The van der Waals surface area contributed by atoms with Gasteiger partial charge in [0.2, 0.25) is 0 Å². The fraction of sp³-hybridized carbons (Fsp3) is 0.467. The maximum absolute atomic E-state index is 12.2. The number of unbranched alkanes of at least 4 members (excludes halogenated alkanes) is 1. The van der Waals surface area contributed by atoms with Crippen LogP contribution >= 0.6 is 0 Å². The zero-order valence-electron chi connectivity index (χ0n) is 10.6. The highest BCUT2D eigenvalue weighted by molar-refractivity contribution is 5.98. The molecular formula is C15H19NO. The Hall–Kier alpha value is -1.62. The summed E-state index contributed by atoms with van der Waals surface area (Å²) in [5.74, 6) is 0.280. The van der Waals surface area contributed by atoms with Gasteiger partial charge in [-0.2, -0.15) is 5.26 Å². The fourth-order valence-electron chi connectivity index (χ4n) is 1.95. The summed E-state index contributed by atoms with van der Waals surface area (Å²) in [6.45, 7) is 4.18. The minimum Gasteiger partial charge on any atom is -0.294 e. The van der Waals surface area contributed by atoms with E-state index in [0.717, 1.165) is 25.7 Å². The van der Waals surface area contributed by atoms with Crippen molar-refractivity contribution in [2.24, 2.45) is 5.92 Å². The molecule has 0 aliphatic rings. The highest BCUT2D eigenvalue weighted by Gasteiger charge is 2.17. The van der Waals surface area contributed by atoms with Gasteiger partial charge in [-0.05, 0) is 25.0 Å². The second-order valence-electron chi connectivity index (χ2n) is 4.30. The molecule has 2 nitrogen and oxygen atoms in total. The van der Waals surface area contributed by atoms with Crippen LogP contribution in [0, 0.1) is 17.2 Å². The number of carbonyl (C=O) groups excluding carboxylic acids is 1. The van der Waals surface area contributed by atoms with Crippen LogP contribution < -0.4 is 0 Å². The highest BCUT2D eigenvalue weighted by Crippen LogP contribution is 2.19. The van der Waals surface area contributed by atoms with Crippen LogP contribution in [0.4, 0.5) is 0 Å². The van der Waals surface area contributed by atoms with Crippen molar-refractivity contribution in [1.82, 2.24) is 0 Å². The third-order valence-electron chi connectivity index (χ3n) is 3.05. The molecule has 1 rings (SSSR count). The van der Waals surface area contributed by atoms with E-state index in [0.29, 0.717) is 11.1 Å². The molecule has 1 unspecified atom stereocenters. The molecule has 2 heteroatoms. The van der Waals surface area contributed by atoms with Crippen molar-refractivity contribution in [2.45, 2.75) is 39.5 Å². The Morgan fingerprint density at radius 3 is 2.76 bits per heavy atom. The SMILES string of the molecule is CCCCC(CC)C(=O)c1cccc(C#N)c1. The van der Waals surface area contributed by atoms with E-state index in [9.17, 15) is 4.79 Å². The number of Topliss-reactive ketones (excluding diaryl/α,β-unsaturated/α-hetero) is 1. The van der Waals surface area contributed by atoms with Crippen molar-refractivity contribution >= 4 is 5.78 Å². The summed E-state index contributed by atoms with van der Waals surface area (Å²) in [5.41, 5.74) is 1.23. The molecule has 0 amide bonds. The van der Waals surface area contributed by atoms with E-state index in [1.807, 2.05) is 6.92 Å². The monoisotopic (exact) mass is 229 g/mol. The number of rotatable bonds is 6. The molecule has 0 bridgehead atoms. The van der Waals surface area contributed by atoms with E-state index in [4.69, 9.17) is 5.26 Å². The number of carbonyl (C=O) groups is 1. The largest absolute Gasteiger partial charge is 0.294 e. The summed E-state index contributed by atoms with van der Waals surface area (Å²) >= 11 is 0. The molecule has 0 N–H and O–H groups in total. The van der Waals surface area contributed by atoms with Crippen molar-refractivity contribution < 1.29 is 4.79 Å². The van der Waals surface area contributed by atoms with Crippen molar-refractivity contribution in [3.63, 3.8) is 0 Å². The Labute approximate surface area is 103 Å². The topological polar surface area (TPSA) is 40.9 Å². The van der Waals surface area contributed by atoms with Crippen molar-refractivity contribution in [3.05, 3.63) is 35.4 Å². The lowest BCUT2D eigenvalue weighted by molar-refractivity contribution is 0.0908. The lowest BCUT2D eigenvalue weighted by atomic mass is 9.90. The van der Waals surface area contributed by atoms with E-state index in [2.05, 4.69) is 13.0 Å². The molecule has 0 aliphatic heterocycles. The van der Waals surface area contributed by atoms with Gasteiger partial charge in [-0.25, -0.2) is 0 Å². The quantitative estimate of drug-likeness (QED) is 0.693. The van der Waals surface area contributed by atoms with E-state index in [1.165, 1.54) is 0 Å². The fourth-order valence-corrected chi connectivity index (χ4v) is 1.95. The van der Waals surface area contributed by atoms with Crippen LogP contribution in [-0.4, -0.2) is 5.78 Å². The normalized spacial score (nSPS) is 11.8. The van der Waals surface area contributed by atoms with E-state index in [1.54, 1.807) is 24.3 Å². The average molecular weight is 229 g/mol. The molecule has 1 aromatic carbocycles. The Morgan fingerprint density at radius 2 is 2.18 bits per heavy atom. The molecule has 1 atom stereocenters. The molecule has 0 spiro atoms. The number of hydrogen-bond donors (Lipinski definition) is 0. The summed E-state index contributed by atoms with van der Waals surface area (Å²) in [6, 6.07) is 9.07. The number of ketones is 1. The maximum atomic E-state index is 12.2. The van der Waals surface area contributed by atoms with Gasteiger partial charge < -0.3 is 0 Å². The Balaban J connectivity index is 2.82. The smallest absolute Gasteiger partial charge is 0.165 e. The van der Waals surface area contributed by atoms with Gasteiger partial charge in [0.15, 0.2) is 5.78 Å². The van der Waals surface area contributed by atoms with Gasteiger partial charge in [0.05, 0.1) is 11.6 Å². The minimum absolute atomic E-state index is 0.101. The molecule has 0 aliphatic carbocycles. The molecular weight excluding hydrogens is 210 g/mol. The van der Waals surface area contributed by atoms with Gasteiger partial charge in [-0.1, -0.05) is 38.8 Å². The molecule has 0 aromatic heterocycles. The first-order valence-electron chi connectivity index (χ1n) is 6.27. The molecule has 0 fully saturated rings. The van der Waals surface area contributed by atoms with Crippen LogP contribution in [0.15, 0.2) is 24.3 Å². The Morgan fingerprint density at radius 1 is 1.41 bits per heavy atom. The predicted molar refractivity (Wildman–Crippen MR) is 68.8 cm³/mol. The Bertz CT molecular complexity index is 417. The first-order valence-corrected chi connectivity index (χ1v) is 6.27. The zero-order valence-corrected chi connectivity index (χ0v) is 10.6. The summed E-state index contributed by atoms with van der Waals surface area (Å²) in [6.07, 6.45) is 4.02. The molecule has 0 saturated carbocycles. The molecule has 1 aromatic rings. The van der Waals surface area contributed by atoms with Gasteiger partial charge in [-0.3, -0.25) is 4.79 Å². The standard InChI is InChI=1S/C15H19NO/c1-3-5-8-13(4-2)15(17)14-9-6-7-12(10-14)11-16/h6-7,9-10,13H,3-5,8H2,1-2H3. The lowest BCUT2D eigenvalue weighted by Gasteiger charge is -2.13. The third-order valence-corrected chi connectivity index (χ3v) is 3.05. The first kappa shape index (κ1) is 13.4. The minimum atomic E-state index is 0.101. The maximum Gasteiger partial charge on any atom is 0.165 e. The first-order chi connectivity index (χ1) is 8.22. The van der Waals surface area contributed by atoms with Crippen LogP contribution in [-0.2, 0) is 0 Å². The summed E-state index contributed by atoms with van der Waals surface area (Å²) in [7, 11) is 0. The van der Waals surface area contributed by atoms with Gasteiger partial charge in [0, 0.05) is 11.5 Å². The summed E-state index contributed by atoms with van der Waals surface area (Å²) in [4.78, 5) is 12.2. The Kier molecular flexibility index (Phi) is 5.42. The van der Waals surface area contributed by atoms with Crippen LogP contribution in [0.1, 0.15) is 55.5 Å². The molecule has 0 heterocycles. The van der Waals surface area contributed by atoms with Crippen LogP contribution in [0.3, 0.4) is 0 Å². The lowest BCUT2D eigenvalue weighted by Crippen LogP contribution is -2.14. The number of nitrogens with zero attached hydrogens (tertiary/aromatic N) is 1. The zero-order chi connectivity index (χ0) is 12.7. The van der Waals surface area contributed by atoms with Gasteiger partial charge in [-0.15, -0.1) is 0 Å². The van der Waals surface area contributed by atoms with Crippen molar-refractivity contribution in [1.29, 1.82) is 5.26 Å². The van der Waals surface area contributed by atoms with Crippen molar-refractivity contribution in [3.8, 4) is 6.07 Å². The second-order valence-corrected chi connectivity index (χ2v) is 4.30. The van der Waals surface area contributed by atoms with Gasteiger partial charge in [0.25, 0.3) is 0 Å². The molecule has 0 radical (unpaired) electrons. The number of benzene rings is 1. The molecule has 17 heavy (non-hydrogen) atoms. The van der Waals surface area contributed by atoms with E-state index < -0.39 is 0 Å². The second kappa shape index (κ2) is 6.85. The molecule has 90 valence electrons. The third kappa shape index (κ3) is 3.71. The van der Waals surface area contributed by atoms with Crippen LogP contribution in [0.5, 0.6) is 0 Å². The predicted octanol–water partition coefficient (Wildman–Crippen LogP) is 3.96. The average Bonchev–Trinajstić information content (AvgIpc) is 2.39.